The van der Waals surface area contributed by atoms with Crippen LogP contribution in [-0.4, -0.2) is 23.6 Å². The first-order chi connectivity index (χ1) is 10.6. The molecule has 0 unspecified atom stereocenters. The van der Waals surface area contributed by atoms with Gasteiger partial charge in [-0.3, -0.25) is 4.79 Å². The van der Waals surface area contributed by atoms with Crippen molar-refractivity contribution in [3.63, 3.8) is 0 Å². The zero-order chi connectivity index (χ0) is 16.2. The second-order valence-electron chi connectivity index (χ2n) is 4.95. The van der Waals surface area contributed by atoms with E-state index in [4.69, 9.17) is 9.84 Å². The number of carboxylic acids is 1. The normalized spacial score (nSPS) is 10.6. The quantitative estimate of drug-likeness (QED) is 0.511. The molecule has 22 heavy (non-hydrogen) atoms. The Balaban J connectivity index is 2.30. The van der Waals surface area contributed by atoms with Crippen LogP contribution in [-0.2, 0) is 9.59 Å². The number of carboxylic acid groups (broad SMARTS) is 1. The zero-order valence-electron chi connectivity index (χ0n) is 12.9. The van der Waals surface area contributed by atoms with Gasteiger partial charge in [-0.05, 0) is 30.7 Å². The van der Waals surface area contributed by atoms with Crippen molar-refractivity contribution in [2.45, 2.75) is 39.0 Å². The number of anilines is 1. The maximum atomic E-state index is 11.4. The Morgan fingerprint density at radius 3 is 2.41 bits per heavy atom. The molecular weight excluding hydrogens is 282 g/mol. The fourth-order valence-corrected chi connectivity index (χ4v) is 1.86. The lowest BCUT2D eigenvalue weighted by Gasteiger charge is -2.07. The summed E-state index contributed by atoms with van der Waals surface area (Å²) in [5.41, 5.74) is 0.593. The van der Waals surface area contributed by atoms with Crippen molar-refractivity contribution in [1.29, 1.82) is 0 Å². The van der Waals surface area contributed by atoms with E-state index < -0.39 is 11.9 Å². The molecule has 1 aromatic carbocycles. The highest BCUT2D eigenvalue weighted by atomic mass is 16.5. The number of ether oxygens (including phenoxy) is 1. The average Bonchev–Trinajstić information content (AvgIpc) is 2.50. The Bertz CT molecular complexity index is 494. The van der Waals surface area contributed by atoms with E-state index in [2.05, 4.69) is 12.2 Å². The largest absolute Gasteiger partial charge is 0.494 e. The zero-order valence-corrected chi connectivity index (χ0v) is 12.9. The standard InChI is InChI=1S/C17H23NO4/c1-2-3-4-5-6-13-22-15-9-7-14(8-10-15)18-16(19)11-12-17(20)21/h7-12H,2-6,13H2,1H3,(H,18,19)(H,20,21)/b12-11+. The smallest absolute Gasteiger partial charge is 0.328 e. The monoisotopic (exact) mass is 305 g/mol. The third-order valence-corrected chi connectivity index (χ3v) is 3.02. The van der Waals surface area contributed by atoms with Crippen molar-refractivity contribution in [2.24, 2.45) is 0 Å². The first-order valence-electron chi connectivity index (χ1n) is 7.56. The molecule has 0 aromatic heterocycles. The minimum atomic E-state index is -1.15. The van der Waals surface area contributed by atoms with Crippen LogP contribution in [0.3, 0.4) is 0 Å². The first kappa shape index (κ1) is 17.8. The van der Waals surface area contributed by atoms with Crippen LogP contribution in [0.2, 0.25) is 0 Å². The molecule has 1 rings (SSSR count). The number of carbonyl (C=O) groups is 2. The molecule has 1 aromatic rings. The van der Waals surface area contributed by atoms with Crippen molar-refractivity contribution >= 4 is 17.6 Å². The highest BCUT2D eigenvalue weighted by Gasteiger charge is 2.00. The van der Waals surface area contributed by atoms with Gasteiger partial charge < -0.3 is 15.2 Å². The maximum Gasteiger partial charge on any atom is 0.328 e. The molecular formula is C17H23NO4. The van der Waals surface area contributed by atoms with Gasteiger partial charge in [-0.15, -0.1) is 0 Å². The molecule has 0 atom stereocenters. The van der Waals surface area contributed by atoms with Crippen LogP contribution < -0.4 is 10.1 Å². The molecule has 0 heterocycles. The topological polar surface area (TPSA) is 75.6 Å². The molecule has 0 aliphatic carbocycles. The molecule has 0 spiro atoms. The van der Waals surface area contributed by atoms with Gasteiger partial charge in [-0.25, -0.2) is 4.79 Å². The third kappa shape index (κ3) is 8.09. The molecule has 0 aliphatic heterocycles. The van der Waals surface area contributed by atoms with Crippen molar-refractivity contribution in [2.75, 3.05) is 11.9 Å². The van der Waals surface area contributed by atoms with Gasteiger partial charge in [-0.2, -0.15) is 0 Å². The van der Waals surface area contributed by atoms with E-state index in [0.717, 1.165) is 24.3 Å². The van der Waals surface area contributed by atoms with Gasteiger partial charge in [0, 0.05) is 17.8 Å². The average molecular weight is 305 g/mol. The molecule has 0 saturated carbocycles. The predicted molar refractivity (Wildman–Crippen MR) is 86.1 cm³/mol. The number of hydrogen-bond donors (Lipinski definition) is 2. The maximum absolute atomic E-state index is 11.4. The highest BCUT2D eigenvalue weighted by Crippen LogP contribution is 2.16. The summed E-state index contributed by atoms with van der Waals surface area (Å²) in [4.78, 5) is 21.7. The summed E-state index contributed by atoms with van der Waals surface area (Å²) in [7, 11) is 0. The van der Waals surface area contributed by atoms with Gasteiger partial charge in [0.05, 0.1) is 6.61 Å². The van der Waals surface area contributed by atoms with Crippen molar-refractivity contribution in [1.82, 2.24) is 0 Å². The van der Waals surface area contributed by atoms with E-state index in [1.54, 1.807) is 24.3 Å². The number of rotatable bonds is 10. The Morgan fingerprint density at radius 2 is 1.77 bits per heavy atom. The first-order valence-corrected chi connectivity index (χ1v) is 7.56. The number of benzene rings is 1. The molecule has 0 bridgehead atoms. The Labute approximate surface area is 131 Å². The van der Waals surface area contributed by atoms with Crippen LogP contribution in [0.25, 0.3) is 0 Å². The van der Waals surface area contributed by atoms with E-state index in [9.17, 15) is 9.59 Å². The van der Waals surface area contributed by atoms with Crippen LogP contribution in [0.1, 0.15) is 39.0 Å². The van der Waals surface area contributed by atoms with E-state index in [1.165, 1.54) is 25.7 Å². The number of amides is 1. The molecule has 2 N–H and O–H groups in total. The highest BCUT2D eigenvalue weighted by molar-refractivity contribution is 6.02. The van der Waals surface area contributed by atoms with Crippen LogP contribution >= 0.6 is 0 Å². The van der Waals surface area contributed by atoms with Gasteiger partial charge in [0.2, 0.25) is 5.91 Å². The summed E-state index contributed by atoms with van der Waals surface area (Å²) in [5.74, 6) is -0.876. The van der Waals surface area contributed by atoms with E-state index in [-0.39, 0.29) is 0 Å². The minimum Gasteiger partial charge on any atom is -0.494 e. The molecule has 0 fully saturated rings. The van der Waals surface area contributed by atoms with Gasteiger partial charge in [0.15, 0.2) is 0 Å². The summed E-state index contributed by atoms with van der Waals surface area (Å²) in [5, 5.41) is 11.0. The number of carbonyl (C=O) groups excluding carboxylic acids is 1. The second-order valence-corrected chi connectivity index (χ2v) is 4.95. The second kappa shape index (κ2) is 10.4. The molecule has 5 heteroatoms. The molecule has 0 aliphatic rings. The summed E-state index contributed by atoms with van der Waals surface area (Å²) in [6.45, 7) is 2.88. The Hall–Kier alpha value is -2.30. The van der Waals surface area contributed by atoms with Crippen LogP contribution in [0.15, 0.2) is 36.4 Å². The summed E-state index contributed by atoms with van der Waals surface area (Å²) in [6, 6.07) is 7.00. The molecule has 0 radical (unpaired) electrons. The summed E-state index contributed by atoms with van der Waals surface area (Å²) in [6.07, 6.45) is 7.74. The number of aliphatic carboxylic acids is 1. The number of unbranched alkanes of at least 4 members (excludes halogenated alkanes) is 4. The summed E-state index contributed by atoms with van der Waals surface area (Å²) < 4.78 is 5.62. The van der Waals surface area contributed by atoms with Crippen molar-refractivity contribution < 1.29 is 19.4 Å². The lowest BCUT2D eigenvalue weighted by molar-refractivity contribution is -0.131. The third-order valence-electron chi connectivity index (χ3n) is 3.02. The number of hydrogen-bond acceptors (Lipinski definition) is 3. The Kier molecular flexibility index (Phi) is 8.42. The minimum absolute atomic E-state index is 0.480. The van der Waals surface area contributed by atoms with Crippen LogP contribution in [0, 0.1) is 0 Å². The molecule has 5 nitrogen and oxygen atoms in total. The lowest BCUT2D eigenvalue weighted by Crippen LogP contribution is -2.08. The van der Waals surface area contributed by atoms with Gasteiger partial charge in [0.1, 0.15) is 5.75 Å². The predicted octanol–water partition coefficient (Wildman–Crippen LogP) is 3.62. The summed E-state index contributed by atoms with van der Waals surface area (Å²) >= 11 is 0. The van der Waals surface area contributed by atoms with Gasteiger partial charge in [-0.1, -0.05) is 32.6 Å². The van der Waals surface area contributed by atoms with Crippen molar-refractivity contribution in [3.8, 4) is 5.75 Å². The number of nitrogens with one attached hydrogen (secondary N) is 1. The van der Waals surface area contributed by atoms with Gasteiger partial charge >= 0.3 is 5.97 Å². The van der Waals surface area contributed by atoms with E-state index in [1.807, 2.05) is 0 Å². The lowest BCUT2D eigenvalue weighted by atomic mass is 10.2. The van der Waals surface area contributed by atoms with Crippen LogP contribution in [0.5, 0.6) is 5.75 Å². The molecule has 0 saturated heterocycles. The van der Waals surface area contributed by atoms with E-state index >= 15 is 0 Å². The van der Waals surface area contributed by atoms with Crippen molar-refractivity contribution in [3.05, 3.63) is 36.4 Å². The fourth-order valence-electron chi connectivity index (χ4n) is 1.86. The fraction of sp³-hybridized carbons (Fsp3) is 0.412. The molecule has 120 valence electrons. The Morgan fingerprint density at radius 1 is 1.09 bits per heavy atom. The van der Waals surface area contributed by atoms with E-state index in [0.29, 0.717) is 12.3 Å². The SMILES string of the molecule is CCCCCCCOc1ccc(NC(=O)/C=C/C(=O)O)cc1. The molecule has 1 amide bonds. The van der Waals surface area contributed by atoms with Gasteiger partial charge in [0.25, 0.3) is 0 Å². The van der Waals surface area contributed by atoms with Crippen LogP contribution in [0.4, 0.5) is 5.69 Å².